The molecule has 1 aliphatic rings. The number of benzene rings is 6. The van der Waals surface area contributed by atoms with Crippen molar-refractivity contribution in [1.82, 2.24) is 4.98 Å². The second-order valence-corrected chi connectivity index (χ2v) is 14.7. The maximum Gasteiger partial charge on any atom is 0.0712 e. The third kappa shape index (κ3) is 4.25. The highest BCUT2D eigenvalue weighted by molar-refractivity contribution is 7.25. The van der Waals surface area contributed by atoms with Crippen molar-refractivity contribution < 1.29 is 0 Å². The smallest absolute Gasteiger partial charge is 0.0712 e. The number of nitrogens with zero attached hydrogens (tertiary/aromatic N) is 1. The molecule has 1 unspecified atom stereocenters. The summed E-state index contributed by atoms with van der Waals surface area (Å²) < 4.78 is 2.67. The summed E-state index contributed by atoms with van der Waals surface area (Å²) in [6.07, 6.45) is 0. The largest absolute Gasteiger partial charge is 0.248 e. The van der Waals surface area contributed by atoms with Gasteiger partial charge in [-0.3, -0.25) is 0 Å². The van der Waals surface area contributed by atoms with Crippen LogP contribution in [0.3, 0.4) is 0 Å². The van der Waals surface area contributed by atoms with Gasteiger partial charge in [-0.05, 0) is 87.3 Å². The third-order valence-corrected chi connectivity index (χ3v) is 11.7. The van der Waals surface area contributed by atoms with Crippen molar-refractivity contribution in [3.05, 3.63) is 161 Å². The number of thiophene rings is 1. The topological polar surface area (TPSA) is 12.9 Å². The zero-order valence-electron chi connectivity index (χ0n) is 27.1. The van der Waals surface area contributed by atoms with E-state index in [0.717, 1.165) is 16.8 Å². The van der Waals surface area contributed by atoms with Gasteiger partial charge in [0.1, 0.15) is 0 Å². The Kier molecular flexibility index (Phi) is 6.29. The van der Waals surface area contributed by atoms with Crippen molar-refractivity contribution in [3.63, 3.8) is 0 Å². The Bertz CT molecular complexity index is 2520. The standard InChI is InChI=1S/C45H35NS/c1-27-24-38-36(30-16-8-11-19-37(30)45(38,3)4)25-34(27)32-22-23-42-44(33-18-10-13-21-41(33)47-42)43(32)28(2)35-26-40(29-14-6-5-7-15-29)46-39-20-12-9-17-31(35)39/h5-26,28H,1-4H3. The van der Waals surface area contributed by atoms with Gasteiger partial charge in [-0.25, -0.2) is 4.98 Å². The van der Waals surface area contributed by atoms with E-state index in [9.17, 15) is 0 Å². The Morgan fingerprint density at radius 3 is 2.17 bits per heavy atom. The van der Waals surface area contributed by atoms with E-state index >= 15 is 0 Å². The molecule has 0 bridgehead atoms. The number of hydrogen-bond acceptors (Lipinski definition) is 2. The molecule has 1 aliphatic carbocycles. The fourth-order valence-corrected chi connectivity index (χ4v) is 9.27. The normalized spacial score (nSPS) is 14.0. The molecule has 9 rings (SSSR count). The van der Waals surface area contributed by atoms with Crippen LogP contribution in [0.1, 0.15) is 54.5 Å². The Hall–Kier alpha value is -5.05. The van der Waals surface area contributed by atoms with Crippen LogP contribution in [0, 0.1) is 6.92 Å². The average molecular weight is 622 g/mol. The Morgan fingerprint density at radius 2 is 1.32 bits per heavy atom. The van der Waals surface area contributed by atoms with Gasteiger partial charge in [0.2, 0.25) is 0 Å². The molecular weight excluding hydrogens is 587 g/mol. The van der Waals surface area contributed by atoms with Crippen LogP contribution in [0.2, 0.25) is 0 Å². The molecule has 226 valence electrons. The van der Waals surface area contributed by atoms with Crippen molar-refractivity contribution in [2.75, 3.05) is 0 Å². The summed E-state index contributed by atoms with van der Waals surface area (Å²) in [6, 6.07) is 49.2. The lowest BCUT2D eigenvalue weighted by Gasteiger charge is -2.24. The van der Waals surface area contributed by atoms with Gasteiger partial charge in [0.15, 0.2) is 0 Å². The second kappa shape index (κ2) is 10.5. The molecule has 0 radical (unpaired) electrons. The molecule has 8 aromatic rings. The summed E-state index contributed by atoms with van der Waals surface area (Å²) in [5.41, 5.74) is 15.4. The minimum Gasteiger partial charge on any atom is -0.248 e. The lowest BCUT2D eigenvalue weighted by atomic mass is 9.79. The molecule has 6 aromatic carbocycles. The molecule has 0 aliphatic heterocycles. The molecule has 0 N–H and O–H groups in total. The highest BCUT2D eigenvalue weighted by atomic mass is 32.1. The Morgan fingerprint density at radius 1 is 0.596 bits per heavy atom. The first kappa shape index (κ1) is 28.2. The lowest BCUT2D eigenvalue weighted by Crippen LogP contribution is -2.15. The van der Waals surface area contributed by atoms with E-state index in [4.69, 9.17) is 4.98 Å². The van der Waals surface area contributed by atoms with E-state index in [1.54, 1.807) is 0 Å². The molecule has 0 saturated heterocycles. The van der Waals surface area contributed by atoms with Crippen LogP contribution in [0.4, 0.5) is 0 Å². The summed E-state index contributed by atoms with van der Waals surface area (Å²) in [4.78, 5) is 5.16. The Labute approximate surface area is 280 Å². The maximum absolute atomic E-state index is 5.16. The molecule has 2 heterocycles. The molecule has 0 amide bonds. The number of fused-ring (bicyclic) bond motifs is 7. The zero-order chi connectivity index (χ0) is 31.9. The van der Waals surface area contributed by atoms with Crippen molar-refractivity contribution in [2.45, 2.75) is 39.0 Å². The van der Waals surface area contributed by atoms with E-state index in [-0.39, 0.29) is 11.3 Å². The minimum absolute atomic E-state index is 0.0252. The predicted molar refractivity (Wildman–Crippen MR) is 202 cm³/mol. The monoisotopic (exact) mass is 621 g/mol. The van der Waals surface area contributed by atoms with Crippen LogP contribution >= 0.6 is 11.3 Å². The van der Waals surface area contributed by atoms with Crippen LogP contribution < -0.4 is 0 Å². The zero-order valence-corrected chi connectivity index (χ0v) is 28.0. The summed E-state index contributed by atoms with van der Waals surface area (Å²) in [5.74, 6) is 0.110. The molecule has 47 heavy (non-hydrogen) atoms. The number of rotatable bonds is 4. The summed E-state index contributed by atoms with van der Waals surface area (Å²) >= 11 is 1.90. The molecule has 1 atom stereocenters. The number of para-hydroxylation sites is 1. The van der Waals surface area contributed by atoms with Crippen LogP contribution in [-0.4, -0.2) is 4.98 Å². The number of aryl methyl sites for hydroxylation is 1. The molecule has 0 spiro atoms. The first-order valence-corrected chi connectivity index (χ1v) is 17.4. The fraction of sp³-hybridized carbons (Fsp3) is 0.133. The van der Waals surface area contributed by atoms with Gasteiger partial charge in [-0.1, -0.05) is 124 Å². The summed E-state index contributed by atoms with van der Waals surface area (Å²) in [6.45, 7) is 9.44. The molecule has 2 heteroatoms. The molecule has 2 aromatic heterocycles. The molecule has 0 fully saturated rings. The van der Waals surface area contributed by atoms with Crippen LogP contribution in [0.5, 0.6) is 0 Å². The minimum atomic E-state index is -0.0252. The first-order valence-electron chi connectivity index (χ1n) is 16.5. The van der Waals surface area contributed by atoms with Gasteiger partial charge in [-0.15, -0.1) is 11.3 Å². The second-order valence-electron chi connectivity index (χ2n) is 13.6. The van der Waals surface area contributed by atoms with Gasteiger partial charge in [-0.2, -0.15) is 0 Å². The van der Waals surface area contributed by atoms with Gasteiger partial charge in [0, 0.05) is 42.5 Å². The van der Waals surface area contributed by atoms with E-state index in [1.807, 2.05) is 11.3 Å². The summed E-state index contributed by atoms with van der Waals surface area (Å²) in [7, 11) is 0. The van der Waals surface area contributed by atoms with Crippen molar-refractivity contribution in [3.8, 4) is 33.5 Å². The van der Waals surface area contributed by atoms with Crippen molar-refractivity contribution in [1.29, 1.82) is 0 Å². The van der Waals surface area contributed by atoms with E-state index < -0.39 is 0 Å². The van der Waals surface area contributed by atoms with Gasteiger partial charge < -0.3 is 0 Å². The predicted octanol–water partition coefficient (Wildman–Crippen LogP) is 12.7. The van der Waals surface area contributed by atoms with Crippen molar-refractivity contribution >= 4 is 42.4 Å². The van der Waals surface area contributed by atoms with E-state index in [2.05, 4.69) is 161 Å². The van der Waals surface area contributed by atoms with E-state index in [1.165, 1.54) is 75.6 Å². The highest BCUT2D eigenvalue weighted by Gasteiger charge is 2.36. The van der Waals surface area contributed by atoms with Gasteiger partial charge >= 0.3 is 0 Å². The highest BCUT2D eigenvalue weighted by Crippen LogP contribution is 2.52. The van der Waals surface area contributed by atoms with Crippen LogP contribution in [-0.2, 0) is 5.41 Å². The third-order valence-electron chi connectivity index (χ3n) is 10.5. The van der Waals surface area contributed by atoms with Crippen LogP contribution in [0.15, 0.2) is 133 Å². The Balaban J connectivity index is 1.35. The summed E-state index contributed by atoms with van der Waals surface area (Å²) in [5, 5.41) is 3.92. The molecule has 1 nitrogen and oxygen atoms in total. The maximum atomic E-state index is 5.16. The quantitative estimate of drug-likeness (QED) is 0.190. The van der Waals surface area contributed by atoms with Crippen molar-refractivity contribution in [2.24, 2.45) is 0 Å². The number of pyridine rings is 1. The SMILES string of the molecule is Cc1cc2c(cc1-c1ccc3sc4ccccc4c3c1C(C)c1cc(-c3ccccc3)nc3ccccc13)-c1ccccc1C2(C)C. The number of aromatic nitrogens is 1. The van der Waals surface area contributed by atoms with Gasteiger partial charge in [0.25, 0.3) is 0 Å². The fourth-order valence-electron chi connectivity index (χ4n) is 8.15. The molecular formula is C45H35NS. The average Bonchev–Trinajstić information content (AvgIpc) is 3.59. The number of hydrogen-bond donors (Lipinski definition) is 0. The lowest BCUT2D eigenvalue weighted by molar-refractivity contribution is 0.660. The van der Waals surface area contributed by atoms with Gasteiger partial charge in [0.05, 0.1) is 11.2 Å². The first-order chi connectivity index (χ1) is 22.9. The van der Waals surface area contributed by atoms with E-state index in [0.29, 0.717) is 0 Å². The van der Waals surface area contributed by atoms with Crippen LogP contribution in [0.25, 0.3) is 64.6 Å². The molecule has 0 saturated carbocycles.